The molecule has 0 aliphatic heterocycles. The summed E-state index contributed by atoms with van der Waals surface area (Å²) in [6.07, 6.45) is 6.61. The minimum absolute atomic E-state index is 0.793. The van der Waals surface area contributed by atoms with Crippen LogP contribution in [0.25, 0.3) is 0 Å². The van der Waals surface area contributed by atoms with Crippen molar-refractivity contribution in [2.24, 2.45) is 5.92 Å². The fourth-order valence-electron chi connectivity index (χ4n) is 2.16. The van der Waals surface area contributed by atoms with Crippen molar-refractivity contribution < 1.29 is 0 Å². The van der Waals surface area contributed by atoms with Crippen LogP contribution in [0, 0.1) is 5.92 Å². The summed E-state index contributed by atoms with van der Waals surface area (Å²) < 4.78 is 0. The smallest absolute Gasteiger partial charge is 0.0370 e. The summed E-state index contributed by atoms with van der Waals surface area (Å²) in [5.41, 5.74) is 2.74. The lowest BCUT2D eigenvalue weighted by molar-refractivity contribution is 0.494. The van der Waals surface area contributed by atoms with Crippen LogP contribution in [0.1, 0.15) is 45.1 Å². The van der Waals surface area contributed by atoms with Gasteiger partial charge in [0.1, 0.15) is 0 Å². The maximum atomic E-state index is 3.27. The molecule has 0 aromatic heterocycles. The van der Waals surface area contributed by atoms with E-state index in [4.69, 9.17) is 0 Å². The van der Waals surface area contributed by atoms with E-state index in [9.17, 15) is 0 Å². The molecule has 0 aliphatic rings. The highest BCUT2D eigenvalue weighted by atomic mass is 14.8. The van der Waals surface area contributed by atoms with Gasteiger partial charge in [-0.3, -0.25) is 0 Å². The molecule has 1 heteroatoms. The zero-order valence-electron chi connectivity index (χ0n) is 10.9. The molecule has 0 heterocycles. The molecule has 1 aromatic carbocycles. The Morgan fingerprint density at radius 3 is 2.62 bits per heavy atom. The first-order chi connectivity index (χ1) is 7.77. The quantitative estimate of drug-likeness (QED) is 0.666. The van der Waals surface area contributed by atoms with Crippen molar-refractivity contribution in [1.29, 1.82) is 0 Å². The molecule has 0 fully saturated rings. The SMILES string of the molecule is CCCCCC(C)Cc1ccccc1NC. The largest absolute Gasteiger partial charge is 0.388 e. The van der Waals surface area contributed by atoms with E-state index in [2.05, 4.69) is 43.4 Å². The monoisotopic (exact) mass is 219 g/mol. The fraction of sp³-hybridized carbons (Fsp3) is 0.600. The van der Waals surface area contributed by atoms with Gasteiger partial charge in [-0.25, -0.2) is 0 Å². The first-order valence-corrected chi connectivity index (χ1v) is 6.53. The first kappa shape index (κ1) is 13.1. The molecule has 1 N–H and O–H groups in total. The van der Waals surface area contributed by atoms with Crippen molar-refractivity contribution in [1.82, 2.24) is 0 Å². The predicted molar refractivity (Wildman–Crippen MR) is 73.0 cm³/mol. The number of nitrogens with one attached hydrogen (secondary N) is 1. The van der Waals surface area contributed by atoms with Gasteiger partial charge in [0.25, 0.3) is 0 Å². The summed E-state index contributed by atoms with van der Waals surface area (Å²) in [7, 11) is 2.00. The molecule has 0 bridgehead atoms. The molecule has 1 nitrogen and oxygen atoms in total. The van der Waals surface area contributed by atoms with Gasteiger partial charge in [-0.15, -0.1) is 0 Å². The van der Waals surface area contributed by atoms with Gasteiger partial charge in [0.2, 0.25) is 0 Å². The van der Waals surface area contributed by atoms with Crippen LogP contribution < -0.4 is 5.32 Å². The lowest BCUT2D eigenvalue weighted by atomic mass is 9.94. The normalized spacial score (nSPS) is 12.4. The molecule has 1 atom stereocenters. The van der Waals surface area contributed by atoms with Gasteiger partial charge < -0.3 is 5.32 Å². The second kappa shape index (κ2) is 7.32. The highest BCUT2D eigenvalue weighted by Gasteiger charge is 2.06. The predicted octanol–water partition coefficient (Wildman–Crippen LogP) is 4.49. The Labute approximate surface area is 100 Å². The molecule has 0 aliphatic carbocycles. The maximum absolute atomic E-state index is 3.27. The number of rotatable bonds is 7. The molecular formula is C15H25N. The molecule has 0 saturated heterocycles. The van der Waals surface area contributed by atoms with E-state index in [1.807, 2.05) is 7.05 Å². The number of hydrogen-bond donors (Lipinski definition) is 1. The number of para-hydroxylation sites is 1. The molecule has 1 aromatic rings. The van der Waals surface area contributed by atoms with Crippen molar-refractivity contribution in [2.75, 3.05) is 12.4 Å². The third-order valence-corrected chi connectivity index (χ3v) is 3.16. The Kier molecular flexibility index (Phi) is 5.99. The second-order valence-electron chi connectivity index (χ2n) is 4.71. The molecule has 16 heavy (non-hydrogen) atoms. The third-order valence-electron chi connectivity index (χ3n) is 3.16. The van der Waals surface area contributed by atoms with Crippen LogP contribution >= 0.6 is 0 Å². The molecule has 1 unspecified atom stereocenters. The average Bonchev–Trinajstić information content (AvgIpc) is 2.30. The van der Waals surface area contributed by atoms with E-state index in [-0.39, 0.29) is 0 Å². The summed E-state index contributed by atoms with van der Waals surface area (Å²) in [5.74, 6) is 0.793. The molecular weight excluding hydrogens is 194 g/mol. The summed E-state index contributed by atoms with van der Waals surface area (Å²) in [6.45, 7) is 4.63. The van der Waals surface area contributed by atoms with Crippen molar-refractivity contribution in [3.8, 4) is 0 Å². The summed E-state index contributed by atoms with van der Waals surface area (Å²) in [4.78, 5) is 0. The fourth-order valence-corrected chi connectivity index (χ4v) is 2.16. The molecule has 0 amide bonds. The van der Waals surface area contributed by atoms with Crippen LogP contribution in [0.5, 0.6) is 0 Å². The molecule has 0 spiro atoms. The van der Waals surface area contributed by atoms with Crippen LogP contribution in [-0.4, -0.2) is 7.05 Å². The van der Waals surface area contributed by atoms with Crippen molar-refractivity contribution in [3.05, 3.63) is 29.8 Å². The van der Waals surface area contributed by atoms with Crippen molar-refractivity contribution in [2.45, 2.75) is 46.0 Å². The van der Waals surface area contributed by atoms with E-state index >= 15 is 0 Å². The van der Waals surface area contributed by atoms with Gasteiger partial charge >= 0.3 is 0 Å². The molecule has 0 saturated carbocycles. The van der Waals surface area contributed by atoms with E-state index in [1.165, 1.54) is 43.4 Å². The van der Waals surface area contributed by atoms with Crippen molar-refractivity contribution >= 4 is 5.69 Å². The van der Waals surface area contributed by atoms with E-state index < -0.39 is 0 Å². The zero-order chi connectivity index (χ0) is 11.8. The van der Waals surface area contributed by atoms with Crippen LogP contribution in [-0.2, 0) is 6.42 Å². The number of benzene rings is 1. The molecule has 90 valence electrons. The van der Waals surface area contributed by atoms with Gasteiger partial charge in [0.15, 0.2) is 0 Å². The average molecular weight is 219 g/mol. The number of hydrogen-bond acceptors (Lipinski definition) is 1. The third kappa shape index (κ3) is 4.26. The van der Waals surface area contributed by atoms with E-state index in [0.717, 1.165) is 5.92 Å². The Morgan fingerprint density at radius 2 is 1.94 bits per heavy atom. The maximum Gasteiger partial charge on any atom is 0.0370 e. The number of unbranched alkanes of at least 4 members (excludes halogenated alkanes) is 2. The first-order valence-electron chi connectivity index (χ1n) is 6.53. The minimum atomic E-state index is 0.793. The van der Waals surface area contributed by atoms with Gasteiger partial charge in [-0.1, -0.05) is 57.7 Å². The molecule has 1 rings (SSSR count). The van der Waals surface area contributed by atoms with E-state index in [1.54, 1.807) is 0 Å². The zero-order valence-corrected chi connectivity index (χ0v) is 10.9. The van der Waals surface area contributed by atoms with Crippen molar-refractivity contribution in [3.63, 3.8) is 0 Å². The van der Waals surface area contributed by atoms with Gasteiger partial charge in [-0.2, -0.15) is 0 Å². The van der Waals surface area contributed by atoms with Gasteiger partial charge in [0.05, 0.1) is 0 Å². The Bertz CT molecular complexity index is 293. The van der Waals surface area contributed by atoms with Gasteiger partial charge in [-0.05, 0) is 24.0 Å². The summed E-state index contributed by atoms with van der Waals surface area (Å²) >= 11 is 0. The van der Waals surface area contributed by atoms with Gasteiger partial charge in [0, 0.05) is 12.7 Å². The van der Waals surface area contributed by atoms with Crippen LogP contribution in [0.2, 0.25) is 0 Å². The molecule has 0 radical (unpaired) electrons. The minimum Gasteiger partial charge on any atom is -0.388 e. The van der Waals surface area contributed by atoms with Crippen LogP contribution in [0.3, 0.4) is 0 Å². The van der Waals surface area contributed by atoms with Crippen LogP contribution in [0.15, 0.2) is 24.3 Å². The Hall–Kier alpha value is -0.980. The Balaban J connectivity index is 2.45. The highest BCUT2D eigenvalue weighted by molar-refractivity contribution is 5.50. The summed E-state index contributed by atoms with van der Waals surface area (Å²) in [6, 6.07) is 8.63. The lowest BCUT2D eigenvalue weighted by Gasteiger charge is -2.14. The second-order valence-corrected chi connectivity index (χ2v) is 4.71. The summed E-state index contributed by atoms with van der Waals surface area (Å²) in [5, 5.41) is 3.27. The Morgan fingerprint density at radius 1 is 1.19 bits per heavy atom. The number of anilines is 1. The van der Waals surface area contributed by atoms with E-state index in [0.29, 0.717) is 0 Å². The lowest BCUT2D eigenvalue weighted by Crippen LogP contribution is -2.03. The topological polar surface area (TPSA) is 12.0 Å². The highest BCUT2D eigenvalue weighted by Crippen LogP contribution is 2.21. The van der Waals surface area contributed by atoms with Crippen LogP contribution in [0.4, 0.5) is 5.69 Å². The standard InChI is InChI=1S/C15H25N/c1-4-5-6-9-13(2)12-14-10-7-8-11-15(14)16-3/h7-8,10-11,13,16H,4-6,9,12H2,1-3H3.